The molecule has 1 aliphatic heterocycles. The van der Waals surface area contributed by atoms with Crippen LogP contribution >= 0.6 is 0 Å². The molecule has 7 nitrogen and oxygen atoms in total. The van der Waals surface area contributed by atoms with E-state index in [1.54, 1.807) is 0 Å². The van der Waals surface area contributed by atoms with Gasteiger partial charge in [0, 0.05) is 36.9 Å². The van der Waals surface area contributed by atoms with Crippen LogP contribution in [0.15, 0.2) is 48.5 Å². The zero-order chi connectivity index (χ0) is 18.8. The van der Waals surface area contributed by atoms with Crippen LogP contribution in [0.25, 0.3) is 11.4 Å². The van der Waals surface area contributed by atoms with Crippen LogP contribution in [0, 0.1) is 6.92 Å². The van der Waals surface area contributed by atoms with Gasteiger partial charge in [0.1, 0.15) is 0 Å². The standard InChI is InChI=1S/C20H22N6O/c1-14-7-9-16(10-8-14)25-11-12-26(15(2)13-25)20(27)18-6-4-3-5-17(18)19-21-23-24-22-19/h3-10,15H,11-13H2,1-2H3,(H,21,22,23,24). The van der Waals surface area contributed by atoms with Crippen LogP contribution in [0.1, 0.15) is 22.8 Å². The third-order valence-corrected chi connectivity index (χ3v) is 5.03. The maximum Gasteiger partial charge on any atom is 0.254 e. The minimum atomic E-state index is 0.00598. The molecule has 1 aromatic heterocycles. The monoisotopic (exact) mass is 362 g/mol. The molecule has 1 aliphatic rings. The minimum absolute atomic E-state index is 0.00598. The summed E-state index contributed by atoms with van der Waals surface area (Å²) < 4.78 is 0. The summed E-state index contributed by atoms with van der Waals surface area (Å²) in [4.78, 5) is 17.5. The summed E-state index contributed by atoms with van der Waals surface area (Å²) in [6.45, 7) is 6.47. The predicted octanol–water partition coefficient (Wildman–Crippen LogP) is 2.53. The summed E-state index contributed by atoms with van der Waals surface area (Å²) in [6.07, 6.45) is 0. The topological polar surface area (TPSA) is 78.0 Å². The van der Waals surface area contributed by atoms with Gasteiger partial charge in [0.15, 0.2) is 0 Å². The molecule has 0 spiro atoms. The Kier molecular flexibility index (Phi) is 4.58. The van der Waals surface area contributed by atoms with Gasteiger partial charge in [0.2, 0.25) is 5.82 Å². The van der Waals surface area contributed by atoms with Gasteiger partial charge in [-0.1, -0.05) is 35.9 Å². The van der Waals surface area contributed by atoms with E-state index in [1.807, 2.05) is 29.2 Å². The molecule has 1 N–H and O–H groups in total. The molecule has 1 amide bonds. The molecule has 3 aromatic rings. The first-order valence-corrected chi connectivity index (χ1v) is 9.09. The third-order valence-electron chi connectivity index (χ3n) is 5.03. The van der Waals surface area contributed by atoms with Gasteiger partial charge in [0.05, 0.1) is 5.56 Å². The number of H-pyrrole nitrogens is 1. The van der Waals surface area contributed by atoms with E-state index in [0.717, 1.165) is 13.1 Å². The van der Waals surface area contributed by atoms with Crippen LogP contribution in [0.5, 0.6) is 0 Å². The van der Waals surface area contributed by atoms with Crippen molar-refractivity contribution in [2.75, 3.05) is 24.5 Å². The van der Waals surface area contributed by atoms with E-state index >= 15 is 0 Å². The molecule has 2 heterocycles. The second-order valence-corrected chi connectivity index (χ2v) is 6.91. The van der Waals surface area contributed by atoms with E-state index < -0.39 is 0 Å². The molecule has 2 aromatic carbocycles. The number of carbonyl (C=O) groups excluding carboxylic acids is 1. The van der Waals surface area contributed by atoms with E-state index in [-0.39, 0.29) is 11.9 Å². The van der Waals surface area contributed by atoms with E-state index in [9.17, 15) is 4.79 Å². The number of tetrazole rings is 1. The molecule has 7 heteroatoms. The average Bonchev–Trinajstić information content (AvgIpc) is 3.23. The lowest BCUT2D eigenvalue weighted by molar-refractivity contribution is 0.0675. The quantitative estimate of drug-likeness (QED) is 0.775. The lowest BCUT2D eigenvalue weighted by atomic mass is 10.0. The van der Waals surface area contributed by atoms with Crippen LogP contribution in [0.3, 0.4) is 0 Å². The first-order chi connectivity index (χ1) is 13.1. The van der Waals surface area contributed by atoms with Crippen LogP contribution in [-0.4, -0.2) is 57.1 Å². The Balaban J connectivity index is 1.54. The zero-order valence-electron chi connectivity index (χ0n) is 15.5. The summed E-state index contributed by atoms with van der Waals surface area (Å²) in [7, 11) is 0. The van der Waals surface area contributed by atoms with Crippen molar-refractivity contribution in [1.82, 2.24) is 25.5 Å². The molecular weight excluding hydrogens is 340 g/mol. The number of piperazine rings is 1. The van der Waals surface area contributed by atoms with Gasteiger partial charge >= 0.3 is 0 Å². The molecule has 138 valence electrons. The molecule has 1 unspecified atom stereocenters. The lowest BCUT2D eigenvalue weighted by Crippen LogP contribution is -2.54. The van der Waals surface area contributed by atoms with Crippen molar-refractivity contribution < 1.29 is 4.79 Å². The van der Waals surface area contributed by atoms with Gasteiger partial charge in [-0.3, -0.25) is 4.79 Å². The number of rotatable bonds is 3. The number of benzene rings is 2. The zero-order valence-corrected chi connectivity index (χ0v) is 15.5. The van der Waals surface area contributed by atoms with Gasteiger partial charge in [0.25, 0.3) is 5.91 Å². The first kappa shape index (κ1) is 17.2. The smallest absolute Gasteiger partial charge is 0.254 e. The number of aromatic nitrogens is 4. The fraction of sp³-hybridized carbons (Fsp3) is 0.300. The molecule has 1 fully saturated rings. The fourth-order valence-corrected chi connectivity index (χ4v) is 3.54. The Bertz CT molecular complexity index is 922. The van der Waals surface area contributed by atoms with Crippen molar-refractivity contribution in [2.45, 2.75) is 19.9 Å². The van der Waals surface area contributed by atoms with Gasteiger partial charge in [-0.25, -0.2) is 0 Å². The highest BCUT2D eigenvalue weighted by Crippen LogP contribution is 2.24. The molecule has 0 bridgehead atoms. The van der Waals surface area contributed by atoms with Gasteiger partial charge in [-0.15, -0.1) is 10.2 Å². The molecule has 1 saturated heterocycles. The maximum absolute atomic E-state index is 13.2. The molecule has 0 aliphatic carbocycles. The molecule has 27 heavy (non-hydrogen) atoms. The Hall–Kier alpha value is -3.22. The predicted molar refractivity (Wildman–Crippen MR) is 104 cm³/mol. The molecule has 0 radical (unpaired) electrons. The maximum atomic E-state index is 13.2. The van der Waals surface area contributed by atoms with Gasteiger partial charge in [-0.2, -0.15) is 5.21 Å². The van der Waals surface area contributed by atoms with Crippen LogP contribution < -0.4 is 4.90 Å². The number of hydrogen-bond acceptors (Lipinski definition) is 5. The number of amides is 1. The Morgan fingerprint density at radius 1 is 1.11 bits per heavy atom. The second kappa shape index (κ2) is 7.19. The highest BCUT2D eigenvalue weighted by atomic mass is 16.2. The largest absolute Gasteiger partial charge is 0.368 e. The minimum Gasteiger partial charge on any atom is -0.368 e. The summed E-state index contributed by atoms with van der Waals surface area (Å²) in [5, 5.41) is 14.1. The SMILES string of the molecule is Cc1ccc(N2CCN(C(=O)c3ccccc3-c3nn[nH]n3)C(C)C2)cc1. The number of nitrogens with one attached hydrogen (secondary N) is 1. The molecule has 0 saturated carbocycles. The second-order valence-electron chi connectivity index (χ2n) is 6.91. The summed E-state index contributed by atoms with van der Waals surface area (Å²) >= 11 is 0. The Labute approximate surface area is 158 Å². The van der Waals surface area contributed by atoms with E-state index in [2.05, 4.69) is 63.6 Å². The van der Waals surface area contributed by atoms with E-state index in [0.29, 0.717) is 23.5 Å². The fourth-order valence-electron chi connectivity index (χ4n) is 3.54. The number of aromatic amines is 1. The average molecular weight is 362 g/mol. The number of carbonyl (C=O) groups is 1. The molecule has 1 atom stereocenters. The van der Waals surface area contributed by atoms with Crippen molar-refractivity contribution in [3.05, 3.63) is 59.7 Å². The number of hydrogen-bond donors (Lipinski definition) is 1. The summed E-state index contributed by atoms with van der Waals surface area (Å²) in [5.74, 6) is 0.441. The number of nitrogens with zero attached hydrogens (tertiary/aromatic N) is 5. The summed E-state index contributed by atoms with van der Waals surface area (Å²) in [5.41, 5.74) is 3.75. The normalized spacial score (nSPS) is 17.2. The van der Waals surface area contributed by atoms with Crippen LogP contribution in [-0.2, 0) is 0 Å². The molecular formula is C20H22N6O. The molecule has 4 rings (SSSR count). The van der Waals surface area contributed by atoms with Crippen molar-refractivity contribution in [2.24, 2.45) is 0 Å². The van der Waals surface area contributed by atoms with Gasteiger partial charge < -0.3 is 9.80 Å². The van der Waals surface area contributed by atoms with Crippen molar-refractivity contribution in [3.8, 4) is 11.4 Å². The summed E-state index contributed by atoms with van der Waals surface area (Å²) in [6, 6.07) is 16.1. The first-order valence-electron chi connectivity index (χ1n) is 9.09. The third kappa shape index (κ3) is 3.40. The van der Waals surface area contributed by atoms with Crippen LogP contribution in [0.2, 0.25) is 0 Å². The van der Waals surface area contributed by atoms with Crippen LogP contribution in [0.4, 0.5) is 5.69 Å². The van der Waals surface area contributed by atoms with Gasteiger partial charge in [-0.05, 0) is 37.3 Å². The number of anilines is 1. The van der Waals surface area contributed by atoms with Crippen molar-refractivity contribution in [3.63, 3.8) is 0 Å². The number of aryl methyl sites for hydroxylation is 1. The lowest BCUT2D eigenvalue weighted by Gasteiger charge is -2.41. The highest BCUT2D eigenvalue weighted by Gasteiger charge is 2.29. The van der Waals surface area contributed by atoms with Crippen molar-refractivity contribution >= 4 is 11.6 Å². The van der Waals surface area contributed by atoms with E-state index in [1.165, 1.54) is 11.3 Å². The Morgan fingerprint density at radius 3 is 2.59 bits per heavy atom. The van der Waals surface area contributed by atoms with Crippen molar-refractivity contribution in [1.29, 1.82) is 0 Å². The Morgan fingerprint density at radius 2 is 1.89 bits per heavy atom. The van der Waals surface area contributed by atoms with E-state index in [4.69, 9.17) is 0 Å². The highest BCUT2D eigenvalue weighted by molar-refractivity contribution is 6.00.